The van der Waals surface area contributed by atoms with E-state index in [1.165, 1.54) is 11.1 Å². The Kier molecular flexibility index (Phi) is 9.88. The van der Waals surface area contributed by atoms with Crippen molar-refractivity contribution in [3.8, 4) is 17.2 Å². The van der Waals surface area contributed by atoms with Gasteiger partial charge in [0.05, 0.1) is 13.7 Å². The molecular weight excluding hydrogens is 354 g/mol. The monoisotopic (exact) mass is 381 g/mol. The Morgan fingerprint density at radius 3 is 2.65 bits per heavy atom. The van der Waals surface area contributed by atoms with E-state index >= 15 is 0 Å². The van der Waals surface area contributed by atoms with Crippen LogP contribution in [-0.2, 0) is 12.8 Å². The van der Waals surface area contributed by atoms with Gasteiger partial charge in [-0.05, 0) is 55.1 Å². The van der Waals surface area contributed by atoms with Crippen LogP contribution in [0.15, 0.2) is 42.5 Å². The maximum Gasteiger partial charge on any atom is 0.164 e. The van der Waals surface area contributed by atoms with Crippen molar-refractivity contribution >= 4 is 12.4 Å². The van der Waals surface area contributed by atoms with Crippen LogP contribution in [0.25, 0.3) is 0 Å². The number of rotatable bonds is 8. The molecule has 1 aliphatic rings. The Balaban J connectivity index is 0.00000169. The number of aryl methyl sites for hydroxylation is 1. The molecule has 0 radical (unpaired) electrons. The zero-order valence-electron chi connectivity index (χ0n) is 15.1. The van der Waals surface area contributed by atoms with Crippen LogP contribution >= 0.6 is 12.4 Å². The zero-order chi connectivity index (χ0) is 16.6. The molecule has 3 N–H and O–H groups in total. The van der Waals surface area contributed by atoms with E-state index in [9.17, 15) is 0 Å². The number of hydrogen-bond acceptors (Lipinski definition) is 4. The quantitative estimate of drug-likeness (QED) is 0.714. The van der Waals surface area contributed by atoms with Gasteiger partial charge in [-0.1, -0.05) is 24.3 Å². The minimum atomic E-state index is 0. The van der Waals surface area contributed by atoms with Gasteiger partial charge in [0, 0.05) is 6.54 Å². The van der Waals surface area contributed by atoms with Gasteiger partial charge < -0.3 is 25.0 Å². The molecule has 0 amide bonds. The number of fused-ring (bicyclic) bond motifs is 1. The molecule has 1 heterocycles. The van der Waals surface area contributed by atoms with Crippen LogP contribution in [0.4, 0.5) is 0 Å². The van der Waals surface area contributed by atoms with Crippen molar-refractivity contribution in [3.63, 3.8) is 0 Å². The highest BCUT2D eigenvalue weighted by molar-refractivity contribution is 5.85. The van der Waals surface area contributed by atoms with Crippen molar-refractivity contribution in [2.75, 3.05) is 33.4 Å². The first-order valence-electron chi connectivity index (χ1n) is 8.58. The van der Waals surface area contributed by atoms with E-state index in [1.807, 2.05) is 24.3 Å². The van der Waals surface area contributed by atoms with E-state index in [1.54, 1.807) is 7.11 Å². The summed E-state index contributed by atoms with van der Waals surface area (Å²) in [5.74, 6) is 2.69. The van der Waals surface area contributed by atoms with E-state index in [0.717, 1.165) is 56.2 Å². The molecule has 1 aliphatic heterocycles. The number of para-hydroxylation sites is 1. The third kappa shape index (κ3) is 6.09. The fourth-order valence-corrected chi connectivity index (χ4v) is 2.86. The van der Waals surface area contributed by atoms with Gasteiger partial charge in [0.2, 0.25) is 0 Å². The highest BCUT2D eigenvalue weighted by atomic mass is 35.5. The standard InChI is InChI=1S/C20H25NO3.ClH.H2O/c1-22-18-9-7-16(8-10-18)11-12-21-13-15-23-19-6-2-4-17-5-3-14-24-20(17)19;;/h2,4,6-10,21H,3,5,11-15H2,1H3;1H;1H2. The fourth-order valence-electron chi connectivity index (χ4n) is 2.86. The second-order valence-corrected chi connectivity index (χ2v) is 5.89. The Hall–Kier alpha value is -1.95. The smallest absolute Gasteiger partial charge is 0.164 e. The van der Waals surface area contributed by atoms with Gasteiger partial charge in [-0.25, -0.2) is 0 Å². The van der Waals surface area contributed by atoms with Crippen LogP contribution in [0.3, 0.4) is 0 Å². The molecule has 0 saturated carbocycles. The molecular formula is C20H28ClNO4. The number of hydrogen-bond donors (Lipinski definition) is 1. The van der Waals surface area contributed by atoms with E-state index in [0.29, 0.717) is 6.61 Å². The highest BCUT2D eigenvalue weighted by Crippen LogP contribution is 2.34. The number of nitrogens with one attached hydrogen (secondary N) is 1. The van der Waals surface area contributed by atoms with Gasteiger partial charge in [0.25, 0.3) is 0 Å². The minimum Gasteiger partial charge on any atom is -0.497 e. The summed E-state index contributed by atoms with van der Waals surface area (Å²) in [5, 5.41) is 3.42. The maximum atomic E-state index is 5.88. The Morgan fingerprint density at radius 1 is 1.08 bits per heavy atom. The van der Waals surface area contributed by atoms with Crippen molar-refractivity contribution in [2.24, 2.45) is 0 Å². The van der Waals surface area contributed by atoms with Gasteiger partial charge in [-0.15, -0.1) is 12.4 Å². The first-order chi connectivity index (χ1) is 11.9. The van der Waals surface area contributed by atoms with E-state index in [2.05, 4.69) is 23.5 Å². The number of ether oxygens (including phenoxy) is 3. The second-order valence-electron chi connectivity index (χ2n) is 5.89. The molecule has 5 nitrogen and oxygen atoms in total. The number of benzene rings is 2. The lowest BCUT2D eigenvalue weighted by atomic mass is 10.1. The van der Waals surface area contributed by atoms with E-state index in [4.69, 9.17) is 14.2 Å². The molecule has 0 fully saturated rings. The molecule has 0 spiro atoms. The number of methoxy groups -OCH3 is 1. The second kappa shape index (κ2) is 11.6. The SMILES string of the molecule is COc1ccc(CCNCCOc2cccc3c2OCCC3)cc1.Cl.O. The molecule has 2 aromatic rings. The molecule has 2 aromatic carbocycles. The molecule has 0 saturated heterocycles. The van der Waals surface area contributed by atoms with Gasteiger partial charge in [0.15, 0.2) is 11.5 Å². The Bertz CT molecular complexity index is 649. The van der Waals surface area contributed by atoms with Crippen LogP contribution in [0.5, 0.6) is 17.2 Å². The van der Waals surface area contributed by atoms with Crippen LogP contribution in [0.1, 0.15) is 17.5 Å². The lowest BCUT2D eigenvalue weighted by molar-refractivity contribution is 0.251. The largest absolute Gasteiger partial charge is 0.497 e. The van der Waals surface area contributed by atoms with Crippen molar-refractivity contribution in [1.29, 1.82) is 0 Å². The predicted molar refractivity (Wildman–Crippen MR) is 106 cm³/mol. The average Bonchev–Trinajstić information content (AvgIpc) is 2.65. The summed E-state index contributed by atoms with van der Waals surface area (Å²) in [7, 11) is 1.69. The van der Waals surface area contributed by atoms with Crippen molar-refractivity contribution in [1.82, 2.24) is 5.32 Å². The third-order valence-electron chi connectivity index (χ3n) is 4.18. The summed E-state index contributed by atoms with van der Waals surface area (Å²) in [6, 6.07) is 14.3. The first-order valence-corrected chi connectivity index (χ1v) is 8.58. The summed E-state index contributed by atoms with van der Waals surface area (Å²) in [6.45, 7) is 3.18. The number of halogens is 1. The van der Waals surface area contributed by atoms with Crippen LogP contribution in [0.2, 0.25) is 0 Å². The molecule has 0 bridgehead atoms. The van der Waals surface area contributed by atoms with Crippen molar-refractivity contribution in [3.05, 3.63) is 53.6 Å². The predicted octanol–water partition coefficient (Wildman–Crippen LogP) is 2.83. The van der Waals surface area contributed by atoms with Gasteiger partial charge in [-0.2, -0.15) is 0 Å². The lowest BCUT2D eigenvalue weighted by Gasteiger charge is -2.20. The van der Waals surface area contributed by atoms with Crippen LogP contribution in [-0.4, -0.2) is 38.9 Å². The Morgan fingerprint density at radius 2 is 1.88 bits per heavy atom. The average molecular weight is 382 g/mol. The first kappa shape index (κ1) is 22.1. The minimum absolute atomic E-state index is 0. The van der Waals surface area contributed by atoms with Gasteiger partial charge in [-0.3, -0.25) is 0 Å². The molecule has 0 aliphatic carbocycles. The summed E-state index contributed by atoms with van der Waals surface area (Å²) in [4.78, 5) is 0. The van der Waals surface area contributed by atoms with E-state index < -0.39 is 0 Å². The summed E-state index contributed by atoms with van der Waals surface area (Å²) in [6.07, 6.45) is 3.16. The van der Waals surface area contributed by atoms with Gasteiger partial charge >= 0.3 is 0 Å². The highest BCUT2D eigenvalue weighted by Gasteiger charge is 2.14. The summed E-state index contributed by atoms with van der Waals surface area (Å²) in [5.41, 5.74) is 2.56. The molecule has 144 valence electrons. The normalized spacial score (nSPS) is 12.0. The maximum absolute atomic E-state index is 5.88. The third-order valence-corrected chi connectivity index (χ3v) is 4.18. The molecule has 0 unspecified atom stereocenters. The van der Waals surface area contributed by atoms with Gasteiger partial charge in [0.1, 0.15) is 12.4 Å². The van der Waals surface area contributed by atoms with Crippen LogP contribution < -0.4 is 19.5 Å². The van der Waals surface area contributed by atoms with E-state index in [-0.39, 0.29) is 17.9 Å². The molecule has 26 heavy (non-hydrogen) atoms. The zero-order valence-corrected chi connectivity index (χ0v) is 15.9. The molecule has 0 aromatic heterocycles. The summed E-state index contributed by atoms with van der Waals surface area (Å²) >= 11 is 0. The topological polar surface area (TPSA) is 71.2 Å². The fraction of sp³-hybridized carbons (Fsp3) is 0.400. The molecule has 6 heteroatoms. The lowest BCUT2D eigenvalue weighted by Crippen LogP contribution is -2.23. The summed E-state index contributed by atoms with van der Waals surface area (Å²) < 4.78 is 16.8. The van der Waals surface area contributed by atoms with Crippen LogP contribution in [0, 0.1) is 0 Å². The Labute approximate surface area is 161 Å². The molecule has 3 rings (SSSR count). The van der Waals surface area contributed by atoms with Crippen molar-refractivity contribution in [2.45, 2.75) is 19.3 Å². The van der Waals surface area contributed by atoms with Crippen molar-refractivity contribution < 1.29 is 19.7 Å². The molecule has 0 atom stereocenters.